The number of carbonyl (C=O) groups excluding carboxylic acids is 1. The van der Waals surface area contributed by atoms with Gasteiger partial charge in [0.1, 0.15) is 6.23 Å². The third-order valence-corrected chi connectivity index (χ3v) is 8.32. The van der Waals surface area contributed by atoms with Crippen LogP contribution in [0.3, 0.4) is 0 Å². The van der Waals surface area contributed by atoms with Crippen molar-refractivity contribution < 1.29 is 19.4 Å². The zero-order chi connectivity index (χ0) is 25.8. The summed E-state index contributed by atoms with van der Waals surface area (Å²) < 4.78 is 11.0. The molecule has 0 bridgehead atoms. The number of likely N-dealkylation sites (tertiary alicyclic amines) is 1. The monoisotopic (exact) mass is 508 g/mol. The SMILES string of the molecule is CCC(NC)C(O)N[C@H](C(=O)N1CCC[C@H]1c1cncc(-c2ccc3c(c2)OCO3)c1)C1CCCCC1. The fraction of sp³-hybridized carbons (Fsp3) is 0.586. The van der Waals surface area contributed by atoms with Crippen molar-refractivity contribution in [1.29, 1.82) is 0 Å². The van der Waals surface area contributed by atoms with E-state index in [0.717, 1.165) is 79.7 Å². The van der Waals surface area contributed by atoms with E-state index in [1.54, 1.807) is 0 Å². The Morgan fingerprint density at radius 2 is 1.89 bits per heavy atom. The number of amides is 1. The second kappa shape index (κ2) is 11.8. The number of likely N-dealkylation sites (N-methyl/N-ethyl adjacent to an activating group) is 1. The van der Waals surface area contributed by atoms with Crippen molar-refractivity contribution in [3.8, 4) is 22.6 Å². The molecule has 1 saturated carbocycles. The number of aliphatic hydroxyl groups is 1. The largest absolute Gasteiger partial charge is 0.454 e. The van der Waals surface area contributed by atoms with E-state index in [1.165, 1.54) is 6.42 Å². The molecule has 1 aliphatic carbocycles. The minimum atomic E-state index is -0.775. The fourth-order valence-corrected chi connectivity index (χ4v) is 6.19. The lowest BCUT2D eigenvalue weighted by molar-refractivity contribution is -0.137. The number of hydrogen-bond donors (Lipinski definition) is 3. The minimum absolute atomic E-state index is 0.0229. The highest BCUT2D eigenvalue weighted by Crippen LogP contribution is 2.38. The van der Waals surface area contributed by atoms with Crippen LogP contribution in [0.1, 0.15) is 69.9 Å². The Morgan fingerprint density at radius 3 is 2.68 bits per heavy atom. The highest BCUT2D eigenvalue weighted by Gasteiger charge is 2.39. The van der Waals surface area contributed by atoms with Crippen LogP contribution in [0.5, 0.6) is 11.5 Å². The molecule has 5 rings (SSSR count). The molecule has 3 N–H and O–H groups in total. The summed E-state index contributed by atoms with van der Waals surface area (Å²) in [5.41, 5.74) is 3.05. The van der Waals surface area contributed by atoms with Gasteiger partial charge < -0.3 is 24.8 Å². The van der Waals surface area contributed by atoms with Crippen LogP contribution < -0.4 is 20.1 Å². The molecule has 2 unspecified atom stereocenters. The molecule has 3 heterocycles. The predicted molar refractivity (Wildman–Crippen MR) is 142 cm³/mol. The number of pyridine rings is 1. The molecule has 0 spiro atoms. The Labute approximate surface area is 219 Å². The third-order valence-electron chi connectivity index (χ3n) is 8.32. The van der Waals surface area contributed by atoms with E-state index in [2.05, 4.69) is 21.7 Å². The van der Waals surface area contributed by atoms with Crippen molar-refractivity contribution in [2.45, 2.75) is 82.6 Å². The molecule has 4 atom stereocenters. The van der Waals surface area contributed by atoms with Gasteiger partial charge in [0.15, 0.2) is 11.5 Å². The minimum Gasteiger partial charge on any atom is -0.454 e. The lowest BCUT2D eigenvalue weighted by atomic mass is 9.83. The van der Waals surface area contributed by atoms with E-state index in [1.807, 2.05) is 49.5 Å². The zero-order valence-electron chi connectivity index (χ0n) is 22.0. The first kappa shape index (κ1) is 25.9. The van der Waals surface area contributed by atoms with Gasteiger partial charge in [0.05, 0.1) is 12.1 Å². The van der Waals surface area contributed by atoms with Crippen LogP contribution in [0.2, 0.25) is 0 Å². The number of carbonyl (C=O) groups is 1. The summed E-state index contributed by atoms with van der Waals surface area (Å²) >= 11 is 0. The quantitative estimate of drug-likeness (QED) is 0.441. The van der Waals surface area contributed by atoms with Crippen molar-refractivity contribution in [3.63, 3.8) is 0 Å². The number of benzene rings is 1. The van der Waals surface area contributed by atoms with Crippen molar-refractivity contribution in [3.05, 3.63) is 42.2 Å². The number of nitrogens with one attached hydrogen (secondary N) is 2. The molecular formula is C29H40N4O4. The third kappa shape index (κ3) is 5.61. The van der Waals surface area contributed by atoms with Gasteiger partial charge in [0, 0.05) is 30.5 Å². The molecule has 1 aromatic heterocycles. The van der Waals surface area contributed by atoms with Crippen LogP contribution in [-0.4, -0.2) is 59.6 Å². The Bertz CT molecular complexity index is 1070. The molecular weight excluding hydrogens is 468 g/mol. The standard InChI is InChI=1S/C29H40N4O4/c1-3-23(30-2)28(34)32-27(19-8-5-4-6-9-19)29(35)33-13-7-10-24(33)22-14-21(16-31-17-22)20-11-12-25-26(15-20)37-18-36-25/h11-12,14-17,19,23-24,27-28,30,32,34H,3-10,13,18H2,1-2H3/t23?,24-,27-,28?/m0/s1. The molecule has 8 nitrogen and oxygen atoms in total. The van der Waals surface area contributed by atoms with Crippen molar-refractivity contribution in [1.82, 2.24) is 20.5 Å². The van der Waals surface area contributed by atoms with Crippen molar-refractivity contribution in [2.75, 3.05) is 20.4 Å². The smallest absolute Gasteiger partial charge is 0.240 e. The van der Waals surface area contributed by atoms with Gasteiger partial charge in [-0.3, -0.25) is 15.1 Å². The van der Waals surface area contributed by atoms with E-state index >= 15 is 0 Å². The Balaban J connectivity index is 1.38. The highest BCUT2D eigenvalue weighted by molar-refractivity contribution is 5.83. The molecule has 200 valence electrons. The van der Waals surface area contributed by atoms with Crippen LogP contribution in [0, 0.1) is 5.92 Å². The topological polar surface area (TPSA) is 96.0 Å². The number of rotatable bonds is 9. The molecule has 0 radical (unpaired) electrons. The molecule has 2 aliphatic heterocycles. The van der Waals surface area contributed by atoms with Gasteiger partial charge in [-0.2, -0.15) is 0 Å². The number of hydrogen-bond acceptors (Lipinski definition) is 7. The van der Waals surface area contributed by atoms with Gasteiger partial charge in [-0.05, 0) is 74.4 Å². The van der Waals surface area contributed by atoms with Crippen molar-refractivity contribution in [2.24, 2.45) is 5.92 Å². The molecule has 37 heavy (non-hydrogen) atoms. The van der Waals surface area contributed by atoms with Gasteiger partial charge >= 0.3 is 0 Å². The van der Waals surface area contributed by atoms with E-state index in [0.29, 0.717) is 0 Å². The molecule has 3 aliphatic rings. The highest BCUT2D eigenvalue weighted by atomic mass is 16.7. The summed E-state index contributed by atoms with van der Waals surface area (Å²) in [5, 5.41) is 17.5. The summed E-state index contributed by atoms with van der Waals surface area (Å²) in [6.45, 7) is 3.01. The van der Waals surface area contributed by atoms with Crippen molar-refractivity contribution >= 4 is 5.91 Å². The average molecular weight is 509 g/mol. The van der Waals surface area contributed by atoms with E-state index in [4.69, 9.17) is 9.47 Å². The Morgan fingerprint density at radius 1 is 1.08 bits per heavy atom. The molecule has 1 aromatic carbocycles. The summed E-state index contributed by atoms with van der Waals surface area (Å²) in [6, 6.07) is 7.56. The van der Waals surface area contributed by atoms with Crippen LogP contribution >= 0.6 is 0 Å². The fourth-order valence-electron chi connectivity index (χ4n) is 6.19. The summed E-state index contributed by atoms with van der Waals surface area (Å²) in [4.78, 5) is 20.7. The van der Waals surface area contributed by atoms with Crippen LogP contribution in [0.25, 0.3) is 11.1 Å². The molecule has 1 saturated heterocycles. The first-order valence-corrected chi connectivity index (χ1v) is 13.9. The van der Waals surface area contributed by atoms with Gasteiger partial charge in [-0.15, -0.1) is 0 Å². The van der Waals surface area contributed by atoms with Gasteiger partial charge in [-0.25, -0.2) is 0 Å². The number of nitrogens with zero attached hydrogens (tertiary/aromatic N) is 2. The predicted octanol–water partition coefficient (Wildman–Crippen LogP) is 4.00. The number of aliphatic hydroxyl groups excluding tert-OH is 1. The van der Waals surface area contributed by atoms with E-state index < -0.39 is 6.23 Å². The molecule has 1 amide bonds. The first-order chi connectivity index (χ1) is 18.1. The summed E-state index contributed by atoms with van der Waals surface area (Å²) in [7, 11) is 1.85. The molecule has 2 fully saturated rings. The second-order valence-corrected chi connectivity index (χ2v) is 10.6. The zero-order valence-corrected chi connectivity index (χ0v) is 22.0. The van der Waals surface area contributed by atoms with E-state index in [9.17, 15) is 9.90 Å². The number of aromatic nitrogens is 1. The Hall–Kier alpha value is -2.68. The van der Waals surface area contributed by atoms with Gasteiger partial charge in [0.25, 0.3) is 0 Å². The lowest BCUT2D eigenvalue weighted by Gasteiger charge is -2.37. The molecule has 2 aromatic rings. The maximum atomic E-state index is 14.1. The van der Waals surface area contributed by atoms with Crippen LogP contribution in [0.15, 0.2) is 36.7 Å². The first-order valence-electron chi connectivity index (χ1n) is 13.9. The summed E-state index contributed by atoms with van der Waals surface area (Å²) in [6.07, 6.45) is 11.2. The molecule has 8 heteroatoms. The lowest BCUT2D eigenvalue weighted by Crippen LogP contribution is -2.58. The van der Waals surface area contributed by atoms with E-state index in [-0.39, 0.29) is 36.7 Å². The summed E-state index contributed by atoms with van der Waals surface area (Å²) in [5.74, 6) is 1.84. The maximum absolute atomic E-state index is 14.1. The van der Waals surface area contributed by atoms with Gasteiger partial charge in [0.2, 0.25) is 12.7 Å². The van der Waals surface area contributed by atoms with Gasteiger partial charge in [-0.1, -0.05) is 32.3 Å². The van der Waals surface area contributed by atoms with Crippen LogP contribution in [-0.2, 0) is 4.79 Å². The average Bonchev–Trinajstić information content (AvgIpc) is 3.62. The Kier molecular flexibility index (Phi) is 8.27. The maximum Gasteiger partial charge on any atom is 0.240 e. The number of fused-ring (bicyclic) bond motifs is 1. The normalized spacial score (nSPS) is 22.1. The number of ether oxygens (including phenoxy) is 2. The van der Waals surface area contributed by atoms with Crippen LogP contribution in [0.4, 0.5) is 0 Å². The second-order valence-electron chi connectivity index (χ2n) is 10.6.